The zero-order chi connectivity index (χ0) is 12.4. The fourth-order valence-corrected chi connectivity index (χ4v) is 2.11. The molecule has 0 aliphatic carbocycles. The van der Waals surface area contributed by atoms with Gasteiger partial charge in [0.1, 0.15) is 11.6 Å². The molecule has 0 bridgehead atoms. The monoisotopic (exact) mass is 239 g/mol. The highest BCUT2D eigenvalue weighted by molar-refractivity contribution is 5.70. The second kappa shape index (κ2) is 4.83. The highest BCUT2D eigenvalue weighted by atomic mass is 16.4. The van der Waals surface area contributed by atoms with Crippen LogP contribution in [0.15, 0.2) is 0 Å². The Labute approximate surface area is 99.3 Å². The average molecular weight is 239 g/mol. The number of aromatic nitrogens is 3. The van der Waals surface area contributed by atoms with E-state index >= 15 is 0 Å². The molecule has 0 saturated heterocycles. The molecule has 0 fully saturated rings. The SMILES string of the molecule is CC(O)CCc1nnc2n1CC(C(=O)O)CC2. The van der Waals surface area contributed by atoms with Crippen molar-refractivity contribution in [1.29, 1.82) is 0 Å². The Morgan fingerprint density at radius 2 is 2.35 bits per heavy atom. The summed E-state index contributed by atoms with van der Waals surface area (Å²) in [5, 5.41) is 26.4. The van der Waals surface area contributed by atoms with Gasteiger partial charge in [-0.05, 0) is 19.8 Å². The molecule has 6 heteroatoms. The number of carboxylic acids is 1. The number of aliphatic hydroxyl groups is 1. The summed E-state index contributed by atoms with van der Waals surface area (Å²) in [7, 11) is 0. The van der Waals surface area contributed by atoms with Crippen LogP contribution in [0.4, 0.5) is 0 Å². The lowest BCUT2D eigenvalue weighted by atomic mass is 9.99. The molecule has 2 unspecified atom stereocenters. The van der Waals surface area contributed by atoms with E-state index in [0.29, 0.717) is 32.2 Å². The normalized spacial score (nSPS) is 20.9. The summed E-state index contributed by atoms with van der Waals surface area (Å²) in [6, 6.07) is 0. The van der Waals surface area contributed by atoms with E-state index < -0.39 is 5.97 Å². The molecule has 2 rings (SSSR count). The van der Waals surface area contributed by atoms with Gasteiger partial charge in [-0.25, -0.2) is 0 Å². The number of hydrogen-bond acceptors (Lipinski definition) is 4. The van der Waals surface area contributed by atoms with Crippen molar-refractivity contribution in [2.75, 3.05) is 0 Å². The summed E-state index contributed by atoms with van der Waals surface area (Å²) < 4.78 is 1.89. The van der Waals surface area contributed by atoms with E-state index in [1.165, 1.54) is 0 Å². The van der Waals surface area contributed by atoms with Gasteiger partial charge in [0, 0.05) is 19.4 Å². The highest BCUT2D eigenvalue weighted by Crippen LogP contribution is 2.20. The van der Waals surface area contributed by atoms with Crippen molar-refractivity contribution < 1.29 is 15.0 Å². The lowest BCUT2D eigenvalue weighted by Gasteiger charge is -2.21. The molecule has 94 valence electrons. The molecule has 0 amide bonds. The largest absolute Gasteiger partial charge is 0.481 e. The first-order valence-electron chi connectivity index (χ1n) is 5.89. The summed E-state index contributed by atoms with van der Waals surface area (Å²) in [6.07, 6.45) is 2.18. The zero-order valence-electron chi connectivity index (χ0n) is 9.83. The van der Waals surface area contributed by atoms with Crippen LogP contribution >= 0.6 is 0 Å². The summed E-state index contributed by atoms with van der Waals surface area (Å²) in [6.45, 7) is 2.18. The number of aliphatic hydroxyl groups excluding tert-OH is 1. The number of aryl methyl sites for hydroxylation is 2. The van der Waals surface area contributed by atoms with Crippen LogP contribution in [-0.4, -0.2) is 37.1 Å². The quantitative estimate of drug-likeness (QED) is 0.785. The smallest absolute Gasteiger partial charge is 0.308 e. The van der Waals surface area contributed by atoms with Gasteiger partial charge in [0.15, 0.2) is 0 Å². The number of carboxylic acid groups (broad SMARTS) is 1. The third kappa shape index (κ3) is 2.63. The molecule has 0 aromatic carbocycles. The van der Waals surface area contributed by atoms with Crippen molar-refractivity contribution in [2.24, 2.45) is 5.92 Å². The molecule has 0 spiro atoms. The molecule has 2 heterocycles. The minimum atomic E-state index is -0.758. The lowest BCUT2D eigenvalue weighted by Crippen LogP contribution is -2.27. The summed E-state index contributed by atoms with van der Waals surface area (Å²) >= 11 is 0. The van der Waals surface area contributed by atoms with Crippen molar-refractivity contribution in [3.8, 4) is 0 Å². The van der Waals surface area contributed by atoms with Gasteiger partial charge in [0.05, 0.1) is 12.0 Å². The van der Waals surface area contributed by atoms with E-state index in [1.54, 1.807) is 6.92 Å². The first kappa shape index (κ1) is 12.0. The first-order chi connectivity index (χ1) is 8.08. The van der Waals surface area contributed by atoms with Crippen molar-refractivity contribution >= 4 is 5.97 Å². The minimum Gasteiger partial charge on any atom is -0.481 e. The highest BCUT2D eigenvalue weighted by Gasteiger charge is 2.27. The van der Waals surface area contributed by atoms with Gasteiger partial charge < -0.3 is 14.8 Å². The van der Waals surface area contributed by atoms with Crippen LogP contribution in [0.5, 0.6) is 0 Å². The Bertz CT molecular complexity index is 414. The van der Waals surface area contributed by atoms with Gasteiger partial charge in [0.2, 0.25) is 0 Å². The van der Waals surface area contributed by atoms with Gasteiger partial charge in [-0.3, -0.25) is 4.79 Å². The Hall–Kier alpha value is -1.43. The number of carbonyl (C=O) groups is 1. The van der Waals surface area contributed by atoms with Crippen LogP contribution in [0, 0.1) is 5.92 Å². The zero-order valence-corrected chi connectivity index (χ0v) is 9.83. The maximum Gasteiger partial charge on any atom is 0.308 e. The second-order valence-electron chi connectivity index (χ2n) is 4.60. The molecule has 1 aliphatic heterocycles. The van der Waals surface area contributed by atoms with Crippen LogP contribution in [-0.2, 0) is 24.2 Å². The fourth-order valence-electron chi connectivity index (χ4n) is 2.11. The van der Waals surface area contributed by atoms with Gasteiger partial charge in [-0.15, -0.1) is 10.2 Å². The Morgan fingerprint density at radius 1 is 1.59 bits per heavy atom. The number of rotatable bonds is 4. The van der Waals surface area contributed by atoms with Crippen LogP contribution in [0.1, 0.15) is 31.4 Å². The van der Waals surface area contributed by atoms with E-state index in [0.717, 1.165) is 11.6 Å². The van der Waals surface area contributed by atoms with E-state index in [-0.39, 0.29) is 12.0 Å². The summed E-state index contributed by atoms with van der Waals surface area (Å²) in [5.41, 5.74) is 0. The van der Waals surface area contributed by atoms with Crippen molar-refractivity contribution in [3.05, 3.63) is 11.6 Å². The van der Waals surface area contributed by atoms with E-state index in [4.69, 9.17) is 5.11 Å². The maximum atomic E-state index is 11.0. The summed E-state index contributed by atoms with van der Waals surface area (Å²) in [4.78, 5) is 11.0. The second-order valence-corrected chi connectivity index (χ2v) is 4.60. The third-order valence-corrected chi connectivity index (χ3v) is 3.16. The molecular weight excluding hydrogens is 222 g/mol. The standard InChI is InChI=1S/C11H17N3O3/c1-7(15)2-4-9-12-13-10-5-3-8(11(16)17)6-14(9)10/h7-8,15H,2-6H2,1H3,(H,16,17). The Balaban J connectivity index is 2.11. The molecule has 1 aliphatic rings. The van der Waals surface area contributed by atoms with E-state index in [1.807, 2.05) is 4.57 Å². The molecule has 1 aromatic rings. The predicted molar refractivity (Wildman–Crippen MR) is 59.5 cm³/mol. The van der Waals surface area contributed by atoms with Gasteiger partial charge in [0.25, 0.3) is 0 Å². The van der Waals surface area contributed by atoms with Gasteiger partial charge >= 0.3 is 5.97 Å². The topological polar surface area (TPSA) is 88.2 Å². The number of hydrogen-bond donors (Lipinski definition) is 2. The van der Waals surface area contributed by atoms with Crippen molar-refractivity contribution in [2.45, 2.75) is 45.3 Å². The third-order valence-electron chi connectivity index (χ3n) is 3.16. The fraction of sp³-hybridized carbons (Fsp3) is 0.727. The van der Waals surface area contributed by atoms with Crippen LogP contribution in [0.25, 0.3) is 0 Å². The summed E-state index contributed by atoms with van der Waals surface area (Å²) in [5.74, 6) is 0.546. The molecule has 0 radical (unpaired) electrons. The number of nitrogens with zero attached hydrogens (tertiary/aromatic N) is 3. The average Bonchev–Trinajstić information content (AvgIpc) is 2.68. The molecule has 1 aromatic heterocycles. The number of fused-ring (bicyclic) bond motifs is 1. The van der Waals surface area contributed by atoms with Crippen LogP contribution in [0.2, 0.25) is 0 Å². The molecular formula is C11H17N3O3. The lowest BCUT2D eigenvalue weighted by molar-refractivity contribution is -0.142. The first-order valence-corrected chi connectivity index (χ1v) is 5.89. The van der Waals surface area contributed by atoms with E-state index in [9.17, 15) is 9.90 Å². The maximum absolute atomic E-state index is 11.0. The predicted octanol–water partition coefficient (Wildman–Crippen LogP) is 0.238. The Morgan fingerprint density at radius 3 is 3.00 bits per heavy atom. The van der Waals surface area contributed by atoms with E-state index in [2.05, 4.69) is 10.2 Å². The van der Waals surface area contributed by atoms with Crippen molar-refractivity contribution in [3.63, 3.8) is 0 Å². The molecule has 6 nitrogen and oxygen atoms in total. The minimum absolute atomic E-state index is 0.344. The molecule has 2 atom stereocenters. The molecule has 0 saturated carbocycles. The van der Waals surface area contributed by atoms with Gasteiger partial charge in [-0.2, -0.15) is 0 Å². The van der Waals surface area contributed by atoms with Crippen LogP contribution < -0.4 is 0 Å². The molecule has 2 N–H and O–H groups in total. The molecule has 17 heavy (non-hydrogen) atoms. The number of aliphatic carboxylic acids is 1. The van der Waals surface area contributed by atoms with Crippen LogP contribution in [0.3, 0.4) is 0 Å². The van der Waals surface area contributed by atoms with Crippen molar-refractivity contribution in [1.82, 2.24) is 14.8 Å². The Kier molecular flexibility index (Phi) is 3.42. The van der Waals surface area contributed by atoms with Gasteiger partial charge in [-0.1, -0.05) is 0 Å².